The average Bonchev–Trinajstić information content (AvgIpc) is 3.18. The molecule has 164 valence electrons. The lowest BCUT2D eigenvalue weighted by Gasteiger charge is -2.39. The summed E-state index contributed by atoms with van der Waals surface area (Å²) in [5, 5.41) is 1.08. The molecule has 0 aliphatic heterocycles. The van der Waals surface area contributed by atoms with Crippen LogP contribution < -0.4 is 5.73 Å². The van der Waals surface area contributed by atoms with E-state index >= 15 is 0 Å². The van der Waals surface area contributed by atoms with Gasteiger partial charge in [-0.1, -0.05) is 49.4 Å². The quantitative estimate of drug-likeness (QED) is 0.384. The van der Waals surface area contributed by atoms with Gasteiger partial charge in [0, 0.05) is 34.3 Å². The number of aromatic amines is 1. The monoisotopic (exact) mass is 435 g/mol. The number of aryl methyl sites for hydroxylation is 1. The van der Waals surface area contributed by atoms with Crippen molar-refractivity contribution in [2.24, 2.45) is 5.73 Å². The highest BCUT2D eigenvalue weighted by atomic mass is 19.4. The summed E-state index contributed by atoms with van der Waals surface area (Å²) in [4.78, 5) is 7.18. The van der Waals surface area contributed by atoms with Gasteiger partial charge in [-0.05, 0) is 54.2 Å². The van der Waals surface area contributed by atoms with E-state index in [-0.39, 0.29) is 5.92 Å². The molecule has 32 heavy (non-hydrogen) atoms. The van der Waals surface area contributed by atoms with E-state index in [0.717, 1.165) is 47.5 Å². The molecule has 0 radical (unpaired) electrons. The fourth-order valence-corrected chi connectivity index (χ4v) is 4.97. The first-order chi connectivity index (χ1) is 15.3. The van der Waals surface area contributed by atoms with Gasteiger partial charge < -0.3 is 10.7 Å². The number of halogens is 3. The molecule has 0 saturated heterocycles. The number of alkyl halides is 3. The van der Waals surface area contributed by atoms with Crippen molar-refractivity contribution in [1.82, 2.24) is 9.97 Å². The summed E-state index contributed by atoms with van der Waals surface area (Å²) in [6, 6.07) is 18.7. The summed E-state index contributed by atoms with van der Waals surface area (Å²) < 4.78 is 38.6. The summed E-state index contributed by atoms with van der Waals surface area (Å²) in [5.74, 6) is 0.134. The summed E-state index contributed by atoms with van der Waals surface area (Å²) >= 11 is 0. The Hall–Kier alpha value is -3.12. The molecule has 3 nitrogen and oxygen atoms in total. The van der Waals surface area contributed by atoms with Crippen molar-refractivity contribution >= 4 is 10.9 Å². The molecule has 3 N–H and O–H groups in total. The maximum Gasteiger partial charge on any atom is 0.433 e. The number of pyridine rings is 1. The molecule has 2 aromatic heterocycles. The zero-order valence-corrected chi connectivity index (χ0v) is 17.7. The maximum atomic E-state index is 12.9. The zero-order valence-electron chi connectivity index (χ0n) is 17.7. The molecule has 5 rings (SSSR count). The van der Waals surface area contributed by atoms with Crippen LogP contribution in [0.4, 0.5) is 13.2 Å². The number of H-pyrrole nitrogens is 1. The number of nitrogens with zero attached hydrogens (tertiary/aromatic N) is 1. The van der Waals surface area contributed by atoms with Gasteiger partial charge in [0.05, 0.1) is 5.54 Å². The Bertz CT molecular complexity index is 1260. The van der Waals surface area contributed by atoms with Gasteiger partial charge in [-0.3, -0.25) is 4.98 Å². The molecule has 4 aromatic rings. The normalized spacial score (nSPS) is 19.7. The second-order valence-corrected chi connectivity index (χ2v) is 8.70. The number of rotatable bonds is 3. The predicted molar refractivity (Wildman–Crippen MR) is 120 cm³/mol. The summed E-state index contributed by atoms with van der Waals surface area (Å²) in [6.07, 6.45) is -0.362. The molecule has 1 aliphatic carbocycles. The van der Waals surface area contributed by atoms with Gasteiger partial charge in [-0.25, -0.2) is 0 Å². The van der Waals surface area contributed by atoms with Crippen molar-refractivity contribution in [2.45, 2.75) is 43.8 Å². The van der Waals surface area contributed by atoms with Crippen molar-refractivity contribution in [3.05, 3.63) is 89.4 Å². The third kappa shape index (κ3) is 3.39. The fourth-order valence-electron chi connectivity index (χ4n) is 4.97. The van der Waals surface area contributed by atoms with E-state index in [9.17, 15) is 13.2 Å². The number of hydrogen-bond acceptors (Lipinski definition) is 2. The first kappa shape index (κ1) is 20.8. The maximum absolute atomic E-state index is 12.9. The molecule has 1 unspecified atom stereocenters. The van der Waals surface area contributed by atoms with Crippen LogP contribution in [0.15, 0.2) is 66.9 Å². The number of benzene rings is 2. The molecular weight excluding hydrogens is 411 g/mol. The van der Waals surface area contributed by atoms with Crippen LogP contribution in [-0.2, 0) is 18.1 Å². The highest BCUT2D eigenvalue weighted by molar-refractivity contribution is 5.89. The molecule has 0 bridgehead atoms. The van der Waals surface area contributed by atoms with E-state index in [1.807, 2.05) is 36.4 Å². The highest BCUT2D eigenvalue weighted by Gasteiger charge is 2.40. The predicted octanol–water partition coefficient (Wildman–Crippen LogP) is 6.54. The number of hydrogen-bond donors (Lipinski definition) is 2. The molecule has 2 heterocycles. The van der Waals surface area contributed by atoms with Crippen molar-refractivity contribution in [3.63, 3.8) is 0 Å². The Labute approximate surface area is 184 Å². The summed E-state index contributed by atoms with van der Waals surface area (Å²) in [5.41, 5.74) is 11.6. The van der Waals surface area contributed by atoms with Gasteiger partial charge in [-0.2, -0.15) is 13.2 Å². The SMILES string of the molecule is C[C@H](c1ccccc1)C1(N)CCCc2c1[nH]c1ccc(-c3ccc(C(F)(F)F)nc3)cc21. The van der Waals surface area contributed by atoms with Crippen molar-refractivity contribution in [3.8, 4) is 11.1 Å². The molecular formula is C26H24F3N3. The number of nitrogens with one attached hydrogen (secondary N) is 1. The average molecular weight is 435 g/mol. The van der Waals surface area contributed by atoms with E-state index < -0.39 is 17.4 Å². The highest BCUT2D eigenvalue weighted by Crippen LogP contribution is 2.45. The van der Waals surface area contributed by atoms with Crippen LogP contribution in [0.2, 0.25) is 0 Å². The van der Waals surface area contributed by atoms with Gasteiger partial charge in [0.1, 0.15) is 5.69 Å². The topological polar surface area (TPSA) is 54.7 Å². The van der Waals surface area contributed by atoms with Crippen LogP contribution >= 0.6 is 0 Å². The Morgan fingerprint density at radius 1 is 1.03 bits per heavy atom. The molecule has 0 amide bonds. The van der Waals surface area contributed by atoms with Gasteiger partial charge >= 0.3 is 6.18 Å². The molecule has 1 aliphatic rings. The third-order valence-electron chi connectivity index (χ3n) is 6.85. The van der Waals surface area contributed by atoms with Gasteiger partial charge in [0.15, 0.2) is 0 Å². The summed E-state index contributed by atoms with van der Waals surface area (Å²) in [7, 11) is 0. The summed E-state index contributed by atoms with van der Waals surface area (Å²) in [6.45, 7) is 2.18. The van der Waals surface area contributed by atoms with E-state index in [2.05, 4.69) is 29.0 Å². The molecule has 2 atom stereocenters. The first-order valence-corrected chi connectivity index (χ1v) is 10.8. The largest absolute Gasteiger partial charge is 0.433 e. The van der Waals surface area contributed by atoms with Crippen LogP contribution in [0.5, 0.6) is 0 Å². The van der Waals surface area contributed by atoms with Crippen molar-refractivity contribution < 1.29 is 13.2 Å². The van der Waals surface area contributed by atoms with E-state index in [1.165, 1.54) is 23.4 Å². The van der Waals surface area contributed by atoms with Crippen LogP contribution in [0, 0.1) is 0 Å². The van der Waals surface area contributed by atoms with Gasteiger partial charge in [0.2, 0.25) is 0 Å². The minimum absolute atomic E-state index is 0.134. The van der Waals surface area contributed by atoms with Crippen LogP contribution in [-0.4, -0.2) is 9.97 Å². The fraction of sp³-hybridized carbons (Fsp3) is 0.269. The Morgan fingerprint density at radius 3 is 2.47 bits per heavy atom. The minimum atomic E-state index is -4.44. The number of aromatic nitrogens is 2. The van der Waals surface area contributed by atoms with E-state index in [4.69, 9.17) is 5.73 Å². The lowest BCUT2D eigenvalue weighted by atomic mass is 9.71. The van der Waals surface area contributed by atoms with Gasteiger partial charge in [-0.15, -0.1) is 0 Å². The smallest absolute Gasteiger partial charge is 0.357 e. The van der Waals surface area contributed by atoms with Crippen LogP contribution in [0.25, 0.3) is 22.0 Å². The second-order valence-electron chi connectivity index (χ2n) is 8.70. The Kier molecular flexibility index (Phi) is 4.86. The van der Waals surface area contributed by atoms with Crippen molar-refractivity contribution in [2.75, 3.05) is 0 Å². The van der Waals surface area contributed by atoms with E-state index in [1.54, 1.807) is 0 Å². The standard InChI is InChI=1S/C26H24F3N3/c1-16(17-6-3-2-4-7-17)25(30)13-5-8-20-21-14-18(9-11-22(21)32-24(20)25)19-10-12-23(31-15-19)26(27,28)29/h2-4,6-7,9-12,14-16,32H,5,8,13,30H2,1H3/t16-,25?/m1/s1. The second kappa shape index (κ2) is 7.48. The molecule has 0 spiro atoms. The zero-order chi connectivity index (χ0) is 22.5. The first-order valence-electron chi connectivity index (χ1n) is 10.8. The van der Waals surface area contributed by atoms with Crippen molar-refractivity contribution in [1.29, 1.82) is 0 Å². The van der Waals surface area contributed by atoms with Crippen LogP contribution in [0.3, 0.4) is 0 Å². The van der Waals surface area contributed by atoms with Gasteiger partial charge in [0.25, 0.3) is 0 Å². The third-order valence-corrected chi connectivity index (χ3v) is 6.85. The number of nitrogens with two attached hydrogens (primary N) is 1. The molecule has 0 saturated carbocycles. The Morgan fingerprint density at radius 2 is 1.78 bits per heavy atom. The van der Waals surface area contributed by atoms with Crippen LogP contribution in [0.1, 0.15) is 48.2 Å². The lowest BCUT2D eigenvalue weighted by Crippen LogP contribution is -2.44. The molecule has 6 heteroatoms. The molecule has 0 fully saturated rings. The minimum Gasteiger partial charge on any atom is -0.357 e. The Balaban J connectivity index is 1.57. The number of fused-ring (bicyclic) bond motifs is 3. The lowest BCUT2D eigenvalue weighted by molar-refractivity contribution is -0.141. The van der Waals surface area contributed by atoms with E-state index in [0.29, 0.717) is 5.56 Å². The molecule has 2 aromatic carbocycles.